The lowest BCUT2D eigenvalue weighted by molar-refractivity contribution is 0.111. The van der Waals surface area contributed by atoms with E-state index < -0.39 is 0 Å². The SMILES string of the molecule is CNC(CCN)CCOCc1ccccc1.Cl. The van der Waals surface area contributed by atoms with E-state index in [0.717, 1.165) is 26.0 Å². The first kappa shape index (κ1) is 16.4. The molecule has 0 aliphatic heterocycles. The van der Waals surface area contributed by atoms with Gasteiger partial charge < -0.3 is 15.8 Å². The zero-order valence-corrected chi connectivity index (χ0v) is 11.2. The molecule has 1 aromatic rings. The second-order valence-electron chi connectivity index (χ2n) is 3.89. The highest BCUT2D eigenvalue weighted by Crippen LogP contribution is 2.02. The number of halogens is 1. The van der Waals surface area contributed by atoms with Crippen LogP contribution < -0.4 is 11.1 Å². The summed E-state index contributed by atoms with van der Waals surface area (Å²) in [6, 6.07) is 10.7. The van der Waals surface area contributed by atoms with Gasteiger partial charge in [0.25, 0.3) is 0 Å². The van der Waals surface area contributed by atoms with Crippen molar-refractivity contribution in [1.29, 1.82) is 0 Å². The van der Waals surface area contributed by atoms with E-state index in [9.17, 15) is 0 Å². The third-order valence-electron chi connectivity index (χ3n) is 2.65. The second-order valence-corrected chi connectivity index (χ2v) is 3.89. The van der Waals surface area contributed by atoms with Gasteiger partial charge in [-0.3, -0.25) is 0 Å². The lowest BCUT2D eigenvalue weighted by atomic mass is 10.1. The van der Waals surface area contributed by atoms with Gasteiger partial charge in [0.1, 0.15) is 0 Å². The van der Waals surface area contributed by atoms with Gasteiger partial charge in [0, 0.05) is 12.6 Å². The molecule has 0 heterocycles. The molecular formula is C13H23ClN2O. The van der Waals surface area contributed by atoms with Crippen molar-refractivity contribution >= 4 is 12.4 Å². The Morgan fingerprint density at radius 3 is 2.53 bits per heavy atom. The molecule has 0 saturated carbocycles. The van der Waals surface area contributed by atoms with Gasteiger partial charge in [-0.2, -0.15) is 0 Å². The summed E-state index contributed by atoms with van der Waals surface area (Å²) in [5.74, 6) is 0. The molecule has 3 nitrogen and oxygen atoms in total. The van der Waals surface area contributed by atoms with Crippen molar-refractivity contribution in [3.8, 4) is 0 Å². The first-order valence-corrected chi connectivity index (χ1v) is 5.86. The first-order valence-electron chi connectivity index (χ1n) is 5.86. The molecule has 3 N–H and O–H groups in total. The normalized spacial score (nSPS) is 11.9. The maximum absolute atomic E-state index is 5.62. The summed E-state index contributed by atoms with van der Waals surface area (Å²) in [7, 11) is 1.97. The number of nitrogens with two attached hydrogens (primary N) is 1. The molecular weight excluding hydrogens is 236 g/mol. The Balaban J connectivity index is 0.00000256. The van der Waals surface area contributed by atoms with Crippen molar-refractivity contribution in [2.45, 2.75) is 25.5 Å². The van der Waals surface area contributed by atoms with Gasteiger partial charge in [0.15, 0.2) is 0 Å². The summed E-state index contributed by atoms with van der Waals surface area (Å²) in [5, 5.41) is 3.24. The van der Waals surface area contributed by atoms with E-state index in [1.54, 1.807) is 0 Å². The van der Waals surface area contributed by atoms with Crippen molar-refractivity contribution in [2.24, 2.45) is 5.73 Å². The van der Waals surface area contributed by atoms with Crippen LogP contribution in [0, 0.1) is 0 Å². The number of rotatable bonds is 8. The summed E-state index contributed by atoms with van der Waals surface area (Å²) >= 11 is 0. The Morgan fingerprint density at radius 1 is 1.24 bits per heavy atom. The van der Waals surface area contributed by atoms with Gasteiger partial charge in [-0.15, -0.1) is 12.4 Å². The molecule has 0 aliphatic carbocycles. The van der Waals surface area contributed by atoms with Crippen LogP contribution in [0.5, 0.6) is 0 Å². The Labute approximate surface area is 110 Å². The summed E-state index contributed by atoms with van der Waals surface area (Å²) < 4.78 is 5.62. The third-order valence-corrected chi connectivity index (χ3v) is 2.65. The molecule has 0 saturated heterocycles. The molecule has 0 aromatic heterocycles. The fourth-order valence-corrected chi connectivity index (χ4v) is 1.62. The highest BCUT2D eigenvalue weighted by molar-refractivity contribution is 5.85. The number of benzene rings is 1. The second kappa shape index (κ2) is 10.5. The lowest BCUT2D eigenvalue weighted by Crippen LogP contribution is -2.29. The van der Waals surface area contributed by atoms with Gasteiger partial charge in [-0.1, -0.05) is 30.3 Å². The molecule has 0 fully saturated rings. The Hall–Kier alpha value is -0.610. The maximum Gasteiger partial charge on any atom is 0.0716 e. The van der Waals surface area contributed by atoms with Crippen LogP contribution in [0.4, 0.5) is 0 Å². The number of hydrogen-bond acceptors (Lipinski definition) is 3. The summed E-state index contributed by atoms with van der Waals surface area (Å²) in [6.07, 6.45) is 2.02. The number of hydrogen-bond donors (Lipinski definition) is 2. The molecule has 0 radical (unpaired) electrons. The van der Waals surface area contributed by atoms with Crippen LogP contribution >= 0.6 is 12.4 Å². The standard InChI is InChI=1S/C13H22N2O.ClH/c1-15-13(7-9-14)8-10-16-11-12-5-3-2-4-6-12;/h2-6,13,15H,7-11,14H2,1H3;1H. The monoisotopic (exact) mass is 258 g/mol. The molecule has 0 aliphatic rings. The molecule has 4 heteroatoms. The van der Waals surface area contributed by atoms with Gasteiger partial charge in [-0.25, -0.2) is 0 Å². The smallest absolute Gasteiger partial charge is 0.0716 e. The molecule has 1 aromatic carbocycles. The summed E-state index contributed by atoms with van der Waals surface area (Å²) in [4.78, 5) is 0. The number of ether oxygens (including phenoxy) is 1. The predicted octanol–water partition coefficient (Wildman–Crippen LogP) is 1.95. The van der Waals surface area contributed by atoms with E-state index in [0.29, 0.717) is 12.6 Å². The fraction of sp³-hybridized carbons (Fsp3) is 0.538. The summed E-state index contributed by atoms with van der Waals surface area (Å²) in [6.45, 7) is 2.20. The minimum Gasteiger partial charge on any atom is -0.377 e. The molecule has 1 atom stereocenters. The van der Waals surface area contributed by atoms with Crippen LogP contribution in [-0.2, 0) is 11.3 Å². The molecule has 0 bridgehead atoms. The maximum atomic E-state index is 5.62. The van der Waals surface area contributed by atoms with Crippen molar-refractivity contribution in [3.05, 3.63) is 35.9 Å². The highest BCUT2D eigenvalue weighted by Gasteiger charge is 2.03. The zero-order valence-electron chi connectivity index (χ0n) is 10.4. The van der Waals surface area contributed by atoms with E-state index in [-0.39, 0.29) is 12.4 Å². The van der Waals surface area contributed by atoms with Gasteiger partial charge in [0.05, 0.1) is 6.61 Å². The fourth-order valence-electron chi connectivity index (χ4n) is 1.62. The van der Waals surface area contributed by atoms with E-state index in [1.807, 2.05) is 25.2 Å². The summed E-state index contributed by atoms with van der Waals surface area (Å²) in [5.41, 5.74) is 6.74. The van der Waals surface area contributed by atoms with E-state index in [1.165, 1.54) is 5.56 Å². The predicted molar refractivity (Wildman–Crippen MR) is 74.5 cm³/mol. The minimum atomic E-state index is 0. The van der Waals surface area contributed by atoms with Crippen LogP contribution in [0.25, 0.3) is 0 Å². The molecule has 17 heavy (non-hydrogen) atoms. The van der Waals surface area contributed by atoms with Crippen LogP contribution in [0.1, 0.15) is 18.4 Å². The van der Waals surface area contributed by atoms with E-state index in [4.69, 9.17) is 10.5 Å². The van der Waals surface area contributed by atoms with Gasteiger partial charge in [-0.05, 0) is 32.0 Å². The van der Waals surface area contributed by atoms with Gasteiger partial charge in [0.2, 0.25) is 0 Å². The molecule has 1 rings (SSSR count). The van der Waals surface area contributed by atoms with E-state index >= 15 is 0 Å². The average molecular weight is 259 g/mol. The van der Waals surface area contributed by atoms with E-state index in [2.05, 4.69) is 17.4 Å². The lowest BCUT2D eigenvalue weighted by Gasteiger charge is -2.14. The zero-order chi connectivity index (χ0) is 11.6. The van der Waals surface area contributed by atoms with Crippen LogP contribution in [0.15, 0.2) is 30.3 Å². The molecule has 1 unspecified atom stereocenters. The van der Waals surface area contributed by atoms with Crippen LogP contribution in [0.2, 0.25) is 0 Å². The Kier molecular flexibility index (Phi) is 10.2. The van der Waals surface area contributed by atoms with Crippen molar-refractivity contribution in [3.63, 3.8) is 0 Å². The topological polar surface area (TPSA) is 47.3 Å². The Bertz CT molecular complexity index is 269. The molecule has 0 spiro atoms. The number of nitrogens with one attached hydrogen (secondary N) is 1. The first-order chi connectivity index (χ1) is 7.86. The Morgan fingerprint density at radius 2 is 1.94 bits per heavy atom. The quantitative estimate of drug-likeness (QED) is 0.701. The highest BCUT2D eigenvalue weighted by atomic mass is 35.5. The minimum absolute atomic E-state index is 0. The average Bonchev–Trinajstić information content (AvgIpc) is 2.34. The van der Waals surface area contributed by atoms with Crippen molar-refractivity contribution in [1.82, 2.24) is 5.32 Å². The molecule has 98 valence electrons. The van der Waals surface area contributed by atoms with Crippen molar-refractivity contribution in [2.75, 3.05) is 20.2 Å². The van der Waals surface area contributed by atoms with Crippen molar-refractivity contribution < 1.29 is 4.74 Å². The molecule has 0 amide bonds. The largest absolute Gasteiger partial charge is 0.377 e. The van der Waals surface area contributed by atoms with Crippen LogP contribution in [0.3, 0.4) is 0 Å². The van der Waals surface area contributed by atoms with Gasteiger partial charge >= 0.3 is 0 Å². The van der Waals surface area contributed by atoms with Crippen LogP contribution in [-0.4, -0.2) is 26.2 Å². The third kappa shape index (κ3) is 7.34.